The van der Waals surface area contributed by atoms with Crippen molar-refractivity contribution in [3.8, 4) is 0 Å². The Kier molecular flexibility index (Phi) is 5.44. The Hall–Kier alpha value is -1.95. The number of hydrogen-bond donors (Lipinski definition) is 3. The van der Waals surface area contributed by atoms with Crippen LogP contribution in [0.1, 0.15) is 30.6 Å². The summed E-state index contributed by atoms with van der Waals surface area (Å²) in [6.45, 7) is 3.89. The molecule has 0 aromatic heterocycles. The van der Waals surface area contributed by atoms with E-state index in [1.807, 2.05) is 13.8 Å². The van der Waals surface area contributed by atoms with Crippen molar-refractivity contribution >= 4 is 17.6 Å². The molecule has 0 saturated carbocycles. The van der Waals surface area contributed by atoms with E-state index in [2.05, 4.69) is 10.6 Å². The molecule has 0 aliphatic carbocycles. The number of anilines is 1. The highest BCUT2D eigenvalue weighted by molar-refractivity contribution is 6.01. The molecule has 1 atom stereocenters. The third-order valence-corrected chi connectivity index (χ3v) is 2.73. The fraction of sp³-hybridized carbons (Fsp3) is 0.385. The molecule has 104 valence electrons. The van der Waals surface area contributed by atoms with E-state index in [4.69, 9.17) is 5.11 Å². The van der Waals surface area contributed by atoms with E-state index in [1.54, 1.807) is 0 Å². The molecule has 1 aromatic rings. The van der Waals surface area contributed by atoms with E-state index in [-0.39, 0.29) is 23.8 Å². The number of halogens is 1. The molecule has 1 aromatic carbocycles. The van der Waals surface area contributed by atoms with Crippen LogP contribution in [-0.4, -0.2) is 29.6 Å². The third-order valence-electron chi connectivity index (χ3n) is 2.73. The Morgan fingerprint density at radius 1 is 1.42 bits per heavy atom. The summed E-state index contributed by atoms with van der Waals surface area (Å²) in [5, 5.41) is 14.1. The molecular formula is C13H17FN2O3. The Bertz CT molecular complexity index is 477. The first kappa shape index (κ1) is 15.1. The molecule has 0 spiro atoms. The van der Waals surface area contributed by atoms with Crippen LogP contribution in [-0.2, 0) is 4.79 Å². The molecule has 3 N–H and O–H groups in total. The molecule has 0 aliphatic rings. The van der Waals surface area contributed by atoms with Crippen LogP contribution in [0.5, 0.6) is 0 Å². The second kappa shape index (κ2) is 6.84. The fourth-order valence-electron chi connectivity index (χ4n) is 1.42. The number of para-hydroxylation sites is 1. The van der Waals surface area contributed by atoms with E-state index in [0.717, 1.165) is 12.5 Å². The van der Waals surface area contributed by atoms with Gasteiger partial charge in [-0.15, -0.1) is 0 Å². The number of carbonyl (C=O) groups is 2. The number of aromatic carboxylic acids is 1. The van der Waals surface area contributed by atoms with E-state index in [0.29, 0.717) is 0 Å². The van der Waals surface area contributed by atoms with Crippen molar-refractivity contribution in [1.82, 2.24) is 5.32 Å². The molecule has 0 aliphatic heterocycles. The molecular weight excluding hydrogens is 251 g/mol. The van der Waals surface area contributed by atoms with Gasteiger partial charge in [0.2, 0.25) is 5.91 Å². The highest BCUT2D eigenvalue weighted by atomic mass is 19.1. The van der Waals surface area contributed by atoms with Gasteiger partial charge in [0.15, 0.2) is 0 Å². The van der Waals surface area contributed by atoms with E-state index in [9.17, 15) is 14.0 Å². The minimum absolute atomic E-state index is 0.00238. The molecule has 0 bridgehead atoms. The average Bonchev–Trinajstić information content (AvgIpc) is 2.38. The zero-order valence-corrected chi connectivity index (χ0v) is 10.9. The van der Waals surface area contributed by atoms with Gasteiger partial charge in [-0.3, -0.25) is 4.79 Å². The lowest BCUT2D eigenvalue weighted by atomic mass is 10.1. The van der Waals surface area contributed by atoms with Gasteiger partial charge in [0.1, 0.15) is 5.82 Å². The number of hydrogen-bond acceptors (Lipinski definition) is 3. The standard InChI is InChI=1S/C13H17FN2O3/c1-3-8(2)15-7-11(17)16-12-9(13(18)19)5-4-6-10(12)14/h4-6,8,15H,3,7H2,1-2H3,(H,16,17)(H,18,19). The van der Waals surface area contributed by atoms with Crippen molar-refractivity contribution in [1.29, 1.82) is 0 Å². The molecule has 1 rings (SSSR count). The molecule has 1 unspecified atom stereocenters. The average molecular weight is 268 g/mol. The van der Waals surface area contributed by atoms with Crippen molar-refractivity contribution < 1.29 is 19.1 Å². The molecule has 6 heteroatoms. The second-order valence-corrected chi connectivity index (χ2v) is 4.21. The van der Waals surface area contributed by atoms with E-state index in [1.165, 1.54) is 12.1 Å². The predicted octanol–water partition coefficient (Wildman–Crippen LogP) is 1.85. The van der Waals surface area contributed by atoms with Gasteiger partial charge in [-0.2, -0.15) is 0 Å². The van der Waals surface area contributed by atoms with E-state index >= 15 is 0 Å². The SMILES string of the molecule is CCC(C)NCC(=O)Nc1c(F)cccc1C(=O)O. The lowest BCUT2D eigenvalue weighted by Gasteiger charge is -2.12. The summed E-state index contributed by atoms with van der Waals surface area (Å²) in [6.07, 6.45) is 0.855. The molecule has 0 radical (unpaired) electrons. The number of benzene rings is 1. The van der Waals surface area contributed by atoms with Gasteiger partial charge in [-0.05, 0) is 25.5 Å². The van der Waals surface area contributed by atoms with Gasteiger partial charge in [0.05, 0.1) is 17.8 Å². The number of carboxylic acid groups (broad SMARTS) is 1. The van der Waals surface area contributed by atoms with Gasteiger partial charge < -0.3 is 15.7 Å². The maximum atomic E-state index is 13.5. The minimum atomic E-state index is -1.29. The monoisotopic (exact) mass is 268 g/mol. The van der Waals surface area contributed by atoms with Crippen LogP contribution in [0.3, 0.4) is 0 Å². The molecule has 1 amide bonds. The molecule has 0 fully saturated rings. The Morgan fingerprint density at radius 3 is 2.68 bits per heavy atom. The van der Waals surface area contributed by atoms with Crippen LogP contribution < -0.4 is 10.6 Å². The zero-order valence-electron chi connectivity index (χ0n) is 10.9. The normalized spacial score (nSPS) is 11.9. The lowest BCUT2D eigenvalue weighted by Crippen LogP contribution is -2.34. The number of carboxylic acids is 1. The Balaban J connectivity index is 2.76. The van der Waals surface area contributed by atoms with Crippen molar-refractivity contribution in [2.75, 3.05) is 11.9 Å². The zero-order chi connectivity index (χ0) is 14.4. The van der Waals surface area contributed by atoms with Crippen LogP contribution in [0.4, 0.5) is 10.1 Å². The van der Waals surface area contributed by atoms with Gasteiger partial charge in [0, 0.05) is 6.04 Å². The first-order chi connectivity index (χ1) is 8.95. The van der Waals surface area contributed by atoms with Gasteiger partial charge in [-0.25, -0.2) is 9.18 Å². The highest BCUT2D eigenvalue weighted by Gasteiger charge is 2.16. The van der Waals surface area contributed by atoms with E-state index < -0.39 is 17.7 Å². The number of nitrogens with one attached hydrogen (secondary N) is 2. The summed E-state index contributed by atoms with van der Waals surface area (Å²) in [4.78, 5) is 22.6. The Labute approximate surface area is 110 Å². The largest absolute Gasteiger partial charge is 0.478 e. The summed E-state index contributed by atoms with van der Waals surface area (Å²) in [5.41, 5.74) is -0.567. The highest BCUT2D eigenvalue weighted by Crippen LogP contribution is 2.19. The summed E-state index contributed by atoms with van der Waals surface area (Å²) < 4.78 is 13.5. The summed E-state index contributed by atoms with van der Waals surface area (Å²) >= 11 is 0. The summed E-state index contributed by atoms with van der Waals surface area (Å²) in [6, 6.07) is 3.78. The fourth-order valence-corrected chi connectivity index (χ4v) is 1.42. The second-order valence-electron chi connectivity index (χ2n) is 4.21. The number of rotatable bonds is 6. The van der Waals surface area contributed by atoms with Crippen molar-refractivity contribution in [2.24, 2.45) is 0 Å². The summed E-state index contributed by atoms with van der Waals surface area (Å²) in [7, 11) is 0. The van der Waals surface area contributed by atoms with Crippen molar-refractivity contribution in [3.05, 3.63) is 29.6 Å². The molecule has 0 saturated heterocycles. The first-order valence-electron chi connectivity index (χ1n) is 6.00. The van der Waals surface area contributed by atoms with Crippen LogP contribution in [0.15, 0.2) is 18.2 Å². The van der Waals surface area contributed by atoms with Gasteiger partial charge in [-0.1, -0.05) is 13.0 Å². The quantitative estimate of drug-likeness (QED) is 0.735. The molecule has 5 nitrogen and oxygen atoms in total. The number of amides is 1. The topological polar surface area (TPSA) is 78.4 Å². The van der Waals surface area contributed by atoms with Crippen LogP contribution in [0.25, 0.3) is 0 Å². The Morgan fingerprint density at radius 2 is 2.11 bits per heavy atom. The van der Waals surface area contributed by atoms with Gasteiger partial charge >= 0.3 is 5.97 Å². The maximum Gasteiger partial charge on any atom is 0.337 e. The summed E-state index contributed by atoms with van der Waals surface area (Å²) in [5.74, 6) is -2.53. The van der Waals surface area contributed by atoms with Crippen molar-refractivity contribution in [3.63, 3.8) is 0 Å². The predicted molar refractivity (Wildman–Crippen MR) is 69.7 cm³/mol. The van der Waals surface area contributed by atoms with Crippen LogP contribution >= 0.6 is 0 Å². The maximum absolute atomic E-state index is 13.5. The van der Waals surface area contributed by atoms with Crippen LogP contribution in [0.2, 0.25) is 0 Å². The lowest BCUT2D eigenvalue weighted by molar-refractivity contribution is -0.115. The van der Waals surface area contributed by atoms with Gasteiger partial charge in [0.25, 0.3) is 0 Å². The molecule has 19 heavy (non-hydrogen) atoms. The van der Waals surface area contributed by atoms with Crippen molar-refractivity contribution in [2.45, 2.75) is 26.3 Å². The number of carbonyl (C=O) groups excluding carboxylic acids is 1. The minimum Gasteiger partial charge on any atom is -0.478 e. The molecule has 0 heterocycles. The third kappa shape index (κ3) is 4.33. The van der Waals surface area contributed by atoms with Crippen LogP contribution in [0, 0.1) is 5.82 Å². The first-order valence-corrected chi connectivity index (χ1v) is 6.00. The smallest absolute Gasteiger partial charge is 0.337 e.